The van der Waals surface area contributed by atoms with E-state index in [2.05, 4.69) is 28.8 Å². The van der Waals surface area contributed by atoms with Gasteiger partial charge >= 0.3 is 0 Å². The van der Waals surface area contributed by atoms with Crippen LogP contribution in [0.4, 0.5) is 21.5 Å². The predicted octanol–water partition coefficient (Wildman–Crippen LogP) is 6.20. The van der Waals surface area contributed by atoms with Gasteiger partial charge in [0.25, 0.3) is 10.0 Å². The van der Waals surface area contributed by atoms with Crippen molar-refractivity contribution in [2.45, 2.75) is 45.4 Å². The number of benzene rings is 3. The van der Waals surface area contributed by atoms with E-state index >= 15 is 0 Å². The third kappa shape index (κ3) is 6.11. The molecular formula is C27H34FN3O3S. The Balaban J connectivity index is 1.89. The van der Waals surface area contributed by atoms with Gasteiger partial charge < -0.3 is 10.2 Å². The standard InChI is InChI=1S/C27H34FN3O3S/c1-5-17-31(18-6-2)24-11-7-10-23-22(24)9-8-12-25(23)35(33,34)30-21-15-13-20(14-16-21)29-26(32)27(3,4)19-28/h7-16,30H,5-6,17-19H2,1-4H3,(H,29,32). The Morgan fingerprint density at radius 3 is 2.06 bits per heavy atom. The van der Waals surface area contributed by atoms with Gasteiger partial charge in [-0.25, -0.2) is 12.8 Å². The molecule has 0 unspecified atom stereocenters. The Morgan fingerprint density at radius 2 is 1.46 bits per heavy atom. The topological polar surface area (TPSA) is 78.5 Å². The zero-order chi connectivity index (χ0) is 25.6. The second-order valence-electron chi connectivity index (χ2n) is 9.27. The number of carbonyl (C=O) groups excluding carboxylic acids is 1. The van der Waals surface area contributed by atoms with Crippen LogP contribution in [0.3, 0.4) is 0 Å². The van der Waals surface area contributed by atoms with Crippen molar-refractivity contribution in [2.24, 2.45) is 5.41 Å². The predicted molar refractivity (Wildman–Crippen MR) is 142 cm³/mol. The number of alkyl halides is 1. The third-order valence-electron chi connectivity index (χ3n) is 5.82. The summed E-state index contributed by atoms with van der Waals surface area (Å²) in [4.78, 5) is 14.7. The van der Waals surface area contributed by atoms with Crippen LogP contribution in [0.5, 0.6) is 0 Å². The lowest BCUT2D eigenvalue weighted by Crippen LogP contribution is -2.32. The number of amides is 1. The van der Waals surface area contributed by atoms with E-state index in [-0.39, 0.29) is 4.90 Å². The molecule has 0 saturated carbocycles. The summed E-state index contributed by atoms with van der Waals surface area (Å²) < 4.78 is 42.4. The summed E-state index contributed by atoms with van der Waals surface area (Å²) in [5, 5.41) is 4.21. The highest BCUT2D eigenvalue weighted by molar-refractivity contribution is 7.93. The number of fused-ring (bicyclic) bond motifs is 1. The molecule has 0 spiro atoms. The van der Waals surface area contributed by atoms with Crippen LogP contribution in [0.1, 0.15) is 40.5 Å². The van der Waals surface area contributed by atoms with Gasteiger partial charge in [0.05, 0.1) is 10.3 Å². The van der Waals surface area contributed by atoms with Gasteiger partial charge in [-0.15, -0.1) is 0 Å². The number of nitrogens with zero attached hydrogens (tertiary/aromatic N) is 1. The van der Waals surface area contributed by atoms with E-state index in [4.69, 9.17) is 0 Å². The molecule has 0 aromatic heterocycles. The molecule has 0 aliphatic rings. The molecule has 0 aliphatic heterocycles. The molecule has 8 heteroatoms. The first-order valence-corrected chi connectivity index (χ1v) is 13.4. The molecule has 2 N–H and O–H groups in total. The highest BCUT2D eigenvalue weighted by atomic mass is 32.2. The number of hydrogen-bond acceptors (Lipinski definition) is 4. The molecular weight excluding hydrogens is 465 g/mol. The van der Waals surface area contributed by atoms with Gasteiger partial charge in [-0.3, -0.25) is 9.52 Å². The molecule has 6 nitrogen and oxygen atoms in total. The number of halogens is 1. The highest BCUT2D eigenvalue weighted by Gasteiger charge is 2.27. The molecule has 0 saturated heterocycles. The average molecular weight is 500 g/mol. The van der Waals surface area contributed by atoms with Crippen LogP contribution in [-0.2, 0) is 14.8 Å². The van der Waals surface area contributed by atoms with E-state index in [0.29, 0.717) is 16.8 Å². The molecule has 1 amide bonds. The van der Waals surface area contributed by atoms with Gasteiger partial charge in [0.1, 0.15) is 6.67 Å². The van der Waals surface area contributed by atoms with Crippen molar-refractivity contribution in [1.82, 2.24) is 0 Å². The van der Waals surface area contributed by atoms with Crippen LogP contribution in [-0.4, -0.2) is 34.1 Å². The van der Waals surface area contributed by atoms with E-state index in [1.165, 1.54) is 13.8 Å². The fourth-order valence-electron chi connectivity index (χ4n) is 3.86. The number of anilines is 3. The monoisotopic (exact) mass is 499 g/mol. The first-order chi connectivity index (χ1) is 16.6. The van der Waals surface area contributed by atoms with Crippen LogP contribution in [0.2, 0.25) is 0 Å². The van der Waals surface area contributed by atoms with Gasteiger partial charge in [0.2, 0.25) is 5.91 Å². The number of sulfonamides is 1. The molecule has 35 heavy (non-hydrogen) atoms. The third-order valence-corrected chi connectivity index (χ3v) is 7.26. The maximum absolute atomic E-state index is 13.3. The lowest BCUT2D eigenvalue weighted by Gasteiger charge is -2.25. The normalized spacial score (nSPS) is 11.9. The maximum atomic E-state index is 13.3. The second kappa shape index (κ2) is 11.1. The molecule has 0 heterocycles. The van der Waals surface area contributed by atoms with Crippen LogP contribution in [0.15, 0.2) is 65.6 Å². The van der Waals surface area contributed by atoms with Crippen molar-refractivity contribution >= 4 is 43.8 Å². The Labute approximate surface area is 207 Å². The fourth-order valence-corrected chi connectivity index (χ4v) is 5.14. The van der Waals surface area contributed by atoms with E-state index in [1.807, 2.05) is 24.3 Å². The molecule has 3 rings (SSSR count). The van der Waals surface area contributed by atoms with E-state index in [1.54, 1.807) is 36.4 Å². The summed E-state index contributed by atoms with van der Waals surface area (Å²) >= 11 is 0. The SMILES string of the molecule is CCCN(CCC)c1cccc2c(S(=O)(=O)Nc3ccc(NC(=O)C(C)(C)CF)cc3)cccc12. The molecule has 0 radical (unpaired) electrons. The van der Waals surface area contributed by atoms with Gasteiger partial charge in [-0.05, 0) is 63.1 Å². The molecule has 0 fully saturated rings. The van der Waals surface area contributed by atoms with Gasteiger partial charge in [-0.1, -0.05) is 38.1 Å². The zero-order valence-corrected chi connectivity index (χ0v) is 21.6. The number of carbonyl (C=O) groups is 1. The highest BCUT2D eigenvalue weighted by Crippen LogP contribution is 2.32. The van der Waals surface area contributed by atoms with Crippen molar-refractivity contribution in [3.05, 3.63) is 60.7 Å². The van der Waals surface area contributed by atoms with Gasteiger partial charge in [0.15, 0.2) is 0 Å². The molecule has 0 aliphatic carbocycles. The smallest absolute Gasteiger partial charge is 0.262 e. The van der Waals surface area contributed by atoms with Crippen LogP contribution < -0.4 is 14.9 Å². The zero-order valence-electron chi connectivity index (χ0n) is 20.8. The molecule has 3 aromatic rings. The number of hydrogen-bond donors (Lipinski definition) is 2. The molecule has 3 aromatic carbocycles. The van der Waals surface area contributed by atoms with Crippen LogP contribution >= 0.6 is 0 Å². The first kappa shape index (κ1) is 26.5. The van der Waals surface area contributed by atoms with E-state index < -0.39 is 28.0 Å². The minimum atomic E-state index is -3.88. The Bertz CT molecular complexity index is 1270. The maximum Gasteiger partial charge on any atom is 0.262 e. The largest absolute Gasteiger partial charge is 0.371 e. The van der Waals surface area contributed by atoms with Gasteiger partial charge in [-0.2, -0.15) is 0 Å². The van der Waals surface area contributed by atoms with Gasteiger partial charge in [0, 0.05) is 40.9 Å². The minimum absolute atomic E-state index is 0.201. The minimum Gasteiger partial charge on any atom is -0.371 e. The summed E-state index contributed by atoms with van der Waals surface area (Å²) in [6.45, 7) is 8.31. The number of nitrogens with one attached hydrogen (secondary N) is 2. The second-order valence-corrected chi connectivity index (χ2v) is 10.9. The molecule has 188 valence electrons. The van der Waals surface area contributed by atoms with E-state index in [9.17, 15) is 17.6 Å². The fraction of sp³-hybridized carbons (Fsp3) is 0.370. The lowest BCUT2D eigenvalue weighted by molar-refractivity contribution is -0.124. The molecule has 0 bridgehead atoms. The summed E-state index contributed by atoms with van der Waals surface area (Å²) in [7, 11) is -3.88. The Morgan fingerprint density at radius 1 is 0.886 bits per heavy atom. The summed E-state index contributed by atoms with van der Waals surface area (Å²) in [6, 6.07) is 17.4. The van der Waals surface area contributed by atoms with Crippen LogP contribution in [0, 0.1) is 5.41 Å². The molecule has 0 atom stereocenters. The Kier molecular flexibility index (Phi) is 8.38. The quantitative estimate of drug-likeness (QED) is 0.329. The summed E-state index contributed by atoms with van der Waals surface area (Å²) in [5.74, 6) is -0.444. The first-order valence-electron chi connectivity index (χ1n) is 11.9. The van der Waals surface area contributed by atoms with E-state index in [0.717, 1.165) is 37.0 Å². The van der Waals surface area contributed by atoms with Crippen molar-refractivity contribution in [3.63, 3.8) is 0 Å². The average Bonchev–Trinajstić information content (AvgIpc) is 2.84. The summed E-state index contributed by atoms with van der Waals surface area (Å²) in [6.07, 6.45) is 2.00. The van der Waals surface area contributed by atoms with Crippen molar-refractivity contribution in [2.75, 3.05) is 34.7 Å². The lowest BCUT2D eigenvalue weighted by atomic mass is 9.94. The number of rotatable bonds is 11. The Hall–Kier alpha value is -3.13. The van der Waals surface area contributed by atoms with Crippen LogP contribution in [0.25, 0.3) is 10.8 Å². The van der Waals surface area contributed by atoms with Crippen molar-refractivity contribution < 1.29 is 17.6 Å². The van der Waals surface area contributed by atoms with Crippen molar-refractivity contribution in [1.29, 1.82) is 0 Å². The van der Waals surface area contributed by atoms with Crippen molar-refractivity contribution in [3.8, 4) is 0 Å². The summed E-state index contributed by atoms with van der Waals surface area (Å²) in [5.41, 5.74) is 0.706.